The van der Waals surface area contributed by atoms with E-state index in [9.17, 15) is 14.0 Å². The van der Waals surface area contributed by atoms with Gasteiger partial charge in [0.25, 0.3) is 5.91 Å². The topological polar surface area (TPSA) is 66.8 Å². The van der Waals surface area contributed by atoms with E-state index >= 15 is 0 Å². The Bertz CT molecular complexity index is 539. The van der Waals surface area contributed by atoms with E-state index in [1.54, 1.807) is 24.3 Å². The fraction of sp³-hybridized carbons (Fsp3) is 0.385. The number of benzene rings is 1. The van der Waals surface area contributed by atoms with Crippen molar-refractivity contribution >= 4 is 23.5 Å². The first-order valence-corrected chi connectivity index (χ1v) is 6.37. The lowest BCUT2D eigenvalue weighted by atomic mass is 10.1. The summed E-state index contributed by atoms with van der Waals surface area (Å²) in [6, 6.07) is 6.66. The van der Waals surface area contributed by atoms with Crippen LogP contribution in [0.2, 0.25) is 5.02 Å². The zero-order valence-electron chi connectivity index (χ0n) is 10.5. The van der Waals surface area contributed by atoms with Crippen molar-refractivity contribution in [2.45, 2.75) is 12.1 Å². The van der Waals surface area contributed by atoms with Crippen LogP contribution in [0.4, 0.5) is 4.39 Å². The lowest BCUT2D eigenvalue weighted by Gasteiger charge is -2.18. The van der Waals surface area contributed by atoms with Crippen molar-refractivity contribution < 1.29 is 23.8 Å². The van der Waals surface area contributed by atoms with Gasteiger partial charge >= 0.3 is 5.97 Å². The van der Waals surface area contributed by atoms with E-state index in [-0.39, 0.29) is 19.6 Å². The molecule has 0 bridgehead atoms. The summed E-state index contributed by atoms with van der Waals surface area (Å²) >= 11 is 5.87. The van der Waals surface area contributed by atoms with Crippen LogP contribution in [0.1, 0.15) is 6.42 Å². The maximum atomic E-state index is 13.8. The first-order chi connectivity index (χ1) is 9.42. The molecule has 0 aliphatic carbocycles. The largest absolute Gasteiger partial charge is 0.482 e. The SMILES string of the molecule is O=C(COc1ccccc1Cl)N1CCC(F)(C(=O)O)C1. The summed E-state index contributed by atoms with van der Waals surface area (Å²) in [6.45, 7) is -0.694. The van der Waals surface area contributed by atoms with Crippen LogP contribution in [0.5, 0.6) is 5.75 Å². The van der Waals surface area contributed by atoms with Crippen molar-refractivity contribution in [3.8, 4) is 5.75 Å². The number of amides is 1. The van der Waals surface area contributed by atoms with Crippen molar-refractivity contribution in [3.05, 3.63) is 29.3 Å². The predicted octanol–water partition coefficient (Wildman–Crippen LogP) is 1.74. The highest BCUT2D eigenvalue weighted by atomic mass is 35.5. The molecule has 1 aliphatic rings. The van der Waals surface area contributed by atoms with Gasteiger partial charge in [-0.1, -0.05) is 23.7 Å². The molecule has 0 spiro atoms. The normalized spacial score (nSPS) is 21.8. The van der Waals surface area contributed by atoms with Gasteiger partial charge in [0.15, 0.2) is 6.61 Å². The molecule has 1 fully saturated rings. The number of halogens is 2. The summed E-state index contributed by atoms with van der Waals surface area (Å²) in [4.78, 5) is 23.7. The van der Waals surface area contributed by atoms with Gasteiger partial charge in [-0.2, -0.15) is 0 Å². The summed E-state index contributed by atoms with van der Waals surface area (Å²) < 4.78 is 19.1. The molecule has 0 saturated carbocycles. The van der Waals surface area contributed by atoms with Crippen molar-refractivity contribution in [2.24, 2.45) is 0 Å². The van der Waals surface area contributed by atoms with Gasteiger partial charge in [-0.25, -0.2) is 9.18 Å². The van der Waals surface area contributed by atoms with Crippen molar-refractivity contribution in [1.29, 1.82) is 0 Å². The van der Waals surface area contributed by atoms with Gasteiger partial charge in [-0.05, 0) is 12.1 Å². The molecule has 2 rings (SSSR count). The maximum Gasteiger partial charge on any atom is 0.343 e. The predicted molar refractivity (Wildman–Crippen MR) is 69.6 cm³/mol. The molecule has 0 aromatic heterocycles. The van der Waals surface area contributed by atoms with E-state index < -0.39 is 24.1 Å². The minimum atomic E-state index is -2.36. The number of alkyl halides is 1. The molecule has 1 aromatic rings. The Morgan fingerprint density at radius 2 is 2.15 bits per heavy atom. The summed E-state index contributed by atoms with van der Waals surface area (Å²) in [5.74, 6) is -1.66. The maximum absolute atomic E-state index is 13.8. The van der Waals surface area contributed by atoms with Crippen LogP contribution >= 0.6 is 11.6 Å². The Balaban J connectivity index is 1.91. The average molecular weight is 302 g/mol. The number of hydrogen-bond acceptors (Lipinski definition) is 3. The molecular formula is C13H13ClFNO4. The number of ether oxygens (including phenoxy) is 1. The van der Waals surface area contributed by atoms with E-state index in [0.29, 0.717) is 10.8 Å². The molecule has 1 aliphatic heterocycles. The number of para-hydroxylation sites is 1. The van der Waals surface area contributed by atoms with Crippen molar-refractivity contribution in [2.75, 3.05) is 19.7 Å². The zero-order valence-corrected chi connectivity index (χ0v) is 11.3. The number of hydrogen-bond donors (Lipinski definition) is 1. The highest BCUT2D eigenvalue weighted by molar-refractivity contribution is 6.32. The lowest BCUT2D eigenvalue weighted by molar-refractivity contribution is -0.150. The molecule has 5 nitrogen and oxygen atoms in total. The second kappa shape index (κ2) is 5.66. The monoisotopic (exact) mass is 301 g/mol. The Kier molecular flexibility index (Phi) is 4.13. The number of carboxylic acids is 1. The number of carbonyl (C=O) groups excluding carboxylic acids is 1. The molecular weight excluding hydrogens is 289 g/mol. The Labute approximate surface area is 119 Å². The second-order valence-corrected chi connectivity index (χ2v) is 4.96. The van der Waals surface area contributed by atoms with Gasteiger partial charge in [0, 0.05) is 13.0 Å². The minimum absolute atomic E-state index is 0.0630. The Morgan fingerprint density at radius 1 is 1.45 bits per heavy atom. The van der Waals surface area contributed by atoms with E-state index in [0.717, 1.165) is 4.90 Å². The van der Waals surface area contributed by atoms with Gasteiger partial charge in [-0.3, -0.25) is 4.79 Å². The van der Waals surface area contributed by atoms with Crippen molar-refractivity contribution in [1.82, 2.24) is 4.90 Å². The summed E-state index contributed by atoms with van der Waals surface area (Å²) in [5.41, 5.74) is -2.36. The fourth-order valence-corrected chi connectivity index (χ4v) is 2.14. The van der Waals surface area contributed by atoms with Gasteiger partial charge in [-0.15, -0.1) is 0 Å². The minimum Gasteiger partial charge on any atom is -0.482 e. The van der Waals surface area contributed by atoms with Crippen LogP contribution < -0.4 is 4.74 Å². The molecule has 0 radical (unpaired) electrons. The van der Waals surface area contributed by atoms with Crippen molar-refractivity contribution in [3.63, 3.8) is 0 Å². The third-order valence-corrected chi connectivity index (χ3v) is 3.46. The Morgan fingerprint density at radius 3 is 2.75 bits per heavy atom. The smallest absolute Gasteiger partial charge is 0.343 e. The van der Waals surface area contributed by atoms with Crippen LogP contribution in [0, 0.1) is 0 Å². The third-order valence-electron chi connectivity index (χ3n) is 3.14. The molecule has 1 atom stereocenters. The molecule has 1 amide bonds. The first kappa shape index (κ1) is 14.6. The third kappa shape index (κ3) is 3.01. The molecule has 1 aromatic carbocycles. The number of rotatable bonds is 4. The van der Waals surface area contributed by atoms with Crippen LogP contribution in [-0.4, -0.2) is 47.2 Å². The van der Waals surface area contributed by atoms with E-state index in [4.69, 9.17) is 21.4 Å². The Hall–Kier alpha value is -1.82. The van der Waals surface area contributed by atoms with E-state index in [1.165, 1.54) is 0 Å². The lowest BCUT2D eigenvalue weighted by Crippen LogP contribution is -2.40. The van der Waals surface area contributed by atoms with Crippen LogP contribution in [0.3, 0.4) is 0 Å². The molecule has 1 heterocycles. The average Bonchev–Trinajstić information content (AvgIpc) is 2.82. The molecule has 108 valence electrons. The summed E-state index contributed by atoms with van der Waals surface area (Å²) in [6.07, 6.45) is -0.208. The van der Waals surface area contributed by atoms with Gasteiger partial charge in [0.05, 0.1) is 11.6 Å². The molecule has 20 heavy (non-hydrogen) atoms. The molecule has 1 unspecified atom stereocenters. The number of carboxylic acid groups (broad SMARTS) is 1. The van der Waals surface area contributed by atoms with Gasteiger partial charge < -0.3 is 14.7 Å². The van der Waals surface area contributed by atoms with Crippen LogP contribution in [-0.2, 0) is 9.59 Å². The number of likely N-dealkylation sites (tertiary alicyclic amines) is 1. The first-order valence-electron chi connectivity index (χ1n) is 6.00. The number of nitrogens with zero attached hydrogens (tertiary/aromatic N) is 1. The second-order valence-electron chi connectivity index (χ2n) is 4.55. The standard InChI is InChI=1S/C13H13ClFNO4/c14-9-3-1-2-4-10(9)20-7-11(17)16-6-5-13(15,8-16)12(18)19/h1-4H,5-8H2,(H,18,19). The quantitative estimate of drug-likeness (QED) is 0.920. The summed E-state index contributed by atoms with van der Waals surface area (Å²) in [5, 5.41) is 9.12. The van der Waals surface area contributed by atoms with Gasteiger partial charge in [0.1, 0.15) is 5.75 Å². The van der Waals surface area contributed by atoms with E-state index in [1.807, 2.05) is 0 Å². The zero-order chi connectivity index (χ0) is 14.8. The number of aliphatic carboxylic acids is 1. The van der Waals surface area contributed by atoms with E-state index in [2.05, 4.69) is 0 Å². The van der Waals surface area contributed by atoms with Gasteiger partial charge in [0.2, 0.25) is 5.67 Å². The molecule has 1 saturated heterocycles. The molecule has 1 N–H and O–H groups in total. The summed E-state index contributed by atoms with van der Waals surface area (Å²) in [7, 11) is 0. The van der Waals surface area contributed by atoms with Crippen LogP contribution in [0.15, 0.2) is 24.3 Å². The highest BCUT2D eigenvalue weighted by Gasteiger charge is 2.46. The number of carbonyl (C=O) groups is 2. The fourth-order valence-electron chi connectivity index (χ4n) is 1.95. The molecule has 7 heteroatoms. The van der Waals surface area contributed by atoms with Crippen LogP contribution in [0.25, 0.3) is 0 Å². The highest BCUT2D eigenvalue weighted by Crippen LogP contribution is 2.27.